The monoisotopic (exact) mass is 282 g/mol. The molecule has 0 aliphatic heterocycles. The molecule has 0 aliphatic carbocycles. The number of aromatic nitrogens is 2. The number of hydrogen-bond donors (Lipinski definition) is 3. The number of carbonyl (C=O) groups excluding carboxylic acids is 1. The highest BCUT2D eigenvalue weighted by Gasteiger charge is 2.20. The summed E-state index contributed by atoms with van der Waals surface area (Å²) in [7, 11) is 0. The van der Waals surface area contributed by atoms with Crippen LogP contribution in [0.1, 0.15) is 20.3 Å². The molecule has 0 aromatic carbocycles. The average Bonchev–Trinajstić information content (AvgIpc) is 2.36. The highest BCUT2D eigenvalue weighted by molar-refractivity contribution is 5.76. The summed E-state index contributed by atoms with van der Waals surface area (Å²) in [6.07, 6.45) is 1.32. The van der Waals surface area contributed by atoms with Crippen molar-refractivity contribution in [3.05, 3.63) is 16.4 Å². The van der Waals surface area contributed by atoms with Crippen LogP contribution in [0.2, 0.25) is 0 Å². The summed E-state index contributed by atoms with van der Waals surface area (Å²) in [5.74, 6) is 0.0430. The van der Waals surface area contributed by atoms with E-state index in [0.717, 1.165) is 6.33 Å². The lowest BCUT2D eigenvalue weighted by atomic mass is 10.2. The first-order valence-electron chi connectivity index (χ1n) is 6.17. The molecule has 0 saturated heterocycles. The van der Waals surface area contributed by atoms with Crippen LogP contribution in [0, 0.1) is 16.0 Å². The maximum Gasteiger partial charge on any atom is 0.352 e. The molecule has 110 valence electrons. The predicted octanol–water partition coefficient (Wildman–Crippen LogP) is 0.541. The molecule has 0 saturated carbocycles. The zero-order chi connectivity index (χ0) is 15.1. The first-order valence-corrected chi connectivity index (χ1v) is 6.17. The maximum absolute atomic E-state index is 11.5. The van der Waals surface area contributed by atoms with Crippen molar-refractivity contribution in [2.45, 2.75) is 20.3 Å². The Bertz CT molecular complexity index is 491. The predicted molar refractivity (Wildman–Crippen MR) is 74.1 cm³/mol. The van der Waals surface area contributed by atoms with Gasteiger partial charge in [-0.15, -0.1) is 0 Å². The van der Waals surface area contributed by atoms with Gasteiger partial charge in [0.2, 0.25) is 17.5 Å². The van der Waals surface area contributed by atoms with Crippen LogP contribution >= 0.6 is 0 Å². The molecular weight excluding hydrogens is 264 g/mol. The van der Waals surface area contributed by atoms with Crippen LogP contribution < -0.4 is 16.4 Å². The van der Waals surface area contributed by atoms with E-state index in [4.69, 9.17) is 5.73 Å². The van der Waals surface area contributed by atoms with E-state index < -0.39 is 4.92 Å². The Balaban J connectivity index is 2.52. The van der Waals surface area contributed by atoms with E-state index in [1.807, 2.05) is 13.8 Å². The number of rotatable bonds is 7. The third kappa shape index (κ3) is 4.67. The Morgan fingerprint density at radius 1 is 1.50 bits per heavy atom. The van der Waals surface area contributed by atoms with Gasteiger partial charge < -0.3 is 16.4 Å². The van der Waals surface area contributed by atoms with Gasteiger partial charge in [-0.1, -0.05) is 13.8 Å². The minimum absolute atomic E-state index is 0.0131. The summed E-state index contributed by atoms with van der Waals surface area (Å²) in [6, 6.07) is 0. The van der Waals surface area contributed by atoms with Crippen LogP contribution in [0.3, 0.4) is 0 Å². The molecule has 0 unspecified atom stereocenters. The summed E-state index contributed by atoms with van der Waals surface area (Å²) < 4.78 is 0. The fraction of sp³-hybridized carbons (Fsp3) is 0.545. The van der Waals surface area contributed by atoms with Gasteiger partial charge in [-0.3, -0.25) is 14.9 Å². The molecule has 0 fully saturated rings. The number of nitrogens with two attached hydrogens (primary N) is 1. The van der Waals surface area contributed by atoms with Gasteiger partial charge in [0.05, 0.1) is 4.92 Å². The largest absolute Gasteiger partial charge is 0.378 e. The number of amides is 1. The van der Waals surface area contributed by atoms with Crippen LogP contribution in [0.25, 0.3) is 0 Å². The van der Waals surface area contributed by atoms with E-state index in [1.54, 1.807) is 0 Å². The van der Waals surface area contributed by atoms with Crippen molar-refractivity contribution in [1.29, 1.82) is 0 Å². The van der Waals surface area contributed by atoms with E-state index in [-0.39, 0.29) is 36.2 Å². The molecule has 9 heteroatoms. The van der Waals surface area contributed by atoms with Crippen LogP contribution in [0.4, 0.5) is 17.3 Å². The van der Waals surface area contributed by atoms with Crippen molar-refractivity contribution < 1.29 is 9.72 Å². The summed E-state index contributed by atoms with van der Waals surface area (Å²) in [6.45, 7) is 4.80. The van der Waals surface area contributed by atoms with Crippen LogP contribution in [0.15, 0.2) is 6.33 Å². The Hall–Kier alpha value is -2.45. The summed E-state index contributed by atoms with van der Waals surface area (Å²) in [4.78, 5) is 29.0. The Kier molecular flexibility index (Phi) is 5.63. The smallest absolute Gasteiger partial charge is 0.352 e. The van der Waals surface area contributed by atoms with Crippen molar-refractivity contribution in [1.82, 2.24) is 15.3 Å². The summed E-state index contributed by atoms with van der Waals surface area (Å²) in [5, 5.41) is 16.3. The van der Waals surface area contributed by atoms with Gasteiger partial charge >= 0.3 is 5.69 Å². The molecule has 1 aromatic rings. The molecule has 1 aromatic heterocycles. The second kappa shape index (κ2) is 7.22. The topological polar surface area (TPSA) is 136 Å². The number of anilines is 2. The number of carbonyl (C=O) groups is 1. The minimum Gasteiger partial charge on any atom is -0.378 e. The van der Waals surface area contributed by atoms with Crippen LogP contribution in [0.5, 0.6) is 0 Å². The highest BCUT2D eigenvalue weighted by atomic mass is 16.6. The summed E-state index contributed by atoms with van der Waals surface area (Å²) in [5.41, 5.74) is 5.04. The van der Waals surface area contributed by atoms with Crippen LogP contribution in [-0.2, 0) is 4.79 Å². The normalized spacial score (nSPS) is 10.3. The quantitative estimate of drug-likeness (QED) is 0.490. The number of nitrogens with one attached hydrogen (secondary N) is 2. The molecule has 0 atom stereocenters. The van der Waals surface area contributed by atoms with Crippen LogP contribution in [-0.4, -0.2) is 33.9 Å². The number of hydrogen-bond acceptors (Lipinski definition) is 7. The molecule has 9 nitrogen and oxygen atoms in total. The minimum atomic E-state index is -0.656. The molecule has 0 radical (unpaired) electrons. The highest BCUT2D eigenvalue weighted by Crippen LogP contribution is 2.25. The summed E-state index contributed by atoms with van der Waals surface area (Å²) >= 11 is 0. The number of nitro groups is 1. The van der Waals surface area contributed by atoms with Gasteiger partial charge in [-0.05, 0) is 5.92 Å². The molecule has 0 spiro atoms. The van der Waals surface area contributed by atoms with E-state index in [2.05, 4.69) is 20.6 Å². The van der Waals surface area contributed by atoms with E-state index in [0.29, 0.717) is 12.5 Å². The molecule has 1 rings (SSSR count). The lowest BCUT2D eigenvalue weighted by Crippen LogP contribution is -2.28. The Labute approximate surface area is 116 Å². The molecule has 0 bridgehead atoms. The maximum atomic E-state index is 11.5. The van der Waals surface area contributed by atoms with E-state index in [1.165, 1.54) is 0 Å². The molecule has 1 amide bonds. The van der Waals surface area contributed by atoms with Crippen molar-refractivity contribution in [2.24, 2.45) is 5.92 Å². The first-order chi connectivity index (χ1) is 9.41. The fourth-order valence-corrected chi connectivity index (χ4v) is 1.40. The third-order valence-corrected chi connectivity index (χ3v) is 2.39. The zero-order valence-corrected chi connectivity index (χ0v) is 11.4. The molecule has 0 aliphatic rings. The lowest BCUT2D eigenvalue weighted by molar-refractivity contribution is -0.383. The zero-order valence-electron chi connectivity index (χ0n) is 11.4. The van der Waals surface area contributed by atoms with Gasteiger partial charge in [-0.25, -0.2) is 9.97 Å². The third-order valence-electron chi connectivity index (χ3n) is 2.39. The van der Waals surface area contributed by atoms with Gasteiger partial charge in [0, 0.05) is 19.5 Å². The molecular formula is C11H18N6O3. The number of nitrogen functional groups attached to an aromatic ring is 1. The van der Waals surface area contributed by atoms with E-state index >= 15 is 0 Å². The Morgan fingerprint density at radius 2 is 2.20 bits per heavy atom. The van der Waals surface area contributed by atoms with Gasteiger partial charge in [0.15, 0.2) is 0 Å². The van der Waals surface area contributed by atoms with E-state index in [9.17, 15) is 14.9 Å². The fourth-order valence-electron chi connectivity index (χ4n) is 1.40. The van der Waals surface area contributed by atoms with Gasteiger partial charge in [-0.2, -0.15) is 0 Å². The molecule has 4 N–H and O–H groups in total. The second-order valence-electron chi connectivity index (χ2n) is 4.59. The van der Waals surface area contributed by atoms with Gasteiger partial charge in [0.25, 0.3) is 0 Å². The number of nitrogens with zero attached hydrogens (tertiary/aromatic N) is 3. The van der Waals surface area contributed by atoms with Crippen molar-refractivity contribution >= 4 is 23.2 Å². The SMILES string of the molecule is CC(C)CNC(=O)CCNc1ncnc(N)c1[N+](=O)[O-]. The molecule has 20 heavy (non-hydrogen) atoms. The average molecular weight is 282 g/mol. The second-order valence-corrected chi connectivity index (χ2v) is 4.59. The lowest BCUT2D eigenvalue weighted by Gasteiger charge is -2.09. The standard InChI is InChI=1S/C11H18N6O3/c1-7(2)5-14-8(18)3-4-13-11-9(17(19)20)10(12)15-6-16-11/h6-7H,3-5H2,1-2H3,(H,14,18)(H3,12,13,15,16). The van der Waals surface area contributed by atoms with Crippen molar-refractivity contribution in [3.8, 4) is 0 Å². The first kappa shape index (κ1) is 15.6. The molecule has 1 heterocycles. The van der Waals surface area contributed by atoms with Crippen molar-refractivity contribution in [3.63, 3.8) is 0 Å². The Morgan fingerprint density at radius 3 is 2.80 bits per heavy atom. The van der Waals surface area contributed by atoms with Crippen molar-refractivity contribution in [2.75, 3.05) is 24.1 Å². The van der Waals surface area contributed by atoms with Gasteiger partial charge in [0.1, 0.15) is 6.33 Å².